The van der Waals surface area contributed by atoms with E-state index in [1.807, 2.05) is 4.90 Å². The molecule has 1 aliphatic carbocycles. The van der Waals surface area contributed by atoms with Gasteiger partial charge in [-0.05, 0) is 43.2 Å². The molecule has 1 N–H and O–H groups in total. The number of rotatable bonds is 6. The number of hydrogen-bond donors (Lipinski definition) is 1. The summed E-state index contributed by atoms with van der Waals surface area (Å²) in [6.45, 7) is 16.8. The van der Waals surface area contributed by atoms with Gasteiger partial charge in [0.2, 0.25) is 0 Å². The van der Waals surface area contributed by atoms with Gasteiger partial charge in [0, 0.05) is 45.8 Å². The number of unbranched alkanes of at least 4 members (excludes halogenated alkanes) is 1. The Labute approximate surface area is 141 Å². The van der Waals surface area contributed by atoms with Crippen LogP contribution in [-0.4, -0.2) is 79.6 Å². The minimum Gasteiger partial charge on any atom is -0.338 e. The zero-order chi connectivity index (χ0) is 16.4. The molecule has 5 nitrogen and oxygen atoms in total. The van der Waals surface area contributed by atoms with Gasteiger partial charge in [0.05, 0.1) is 0 Å². The van der Waals surface area contributed by atoms with Crippen LogP contribution in [0.5, 0.6) is 0 Å². The molecule has 0 radical (unpaired) electrons. The van der Waals surface area contributed by atoms with Crippen molar-refractivity contribution in [1.29, 1.82) is 0 Å². The largest absolute Gasteiger partial charge is 0.338 e. The minimum absolute atomic E-state index is 0.157. The lowest BCUT2D eigenvalue weighted by atomic mass is 10.1. The van der Waals surface area contributed by atoms with Crippen LogP contribution >= 0.6 is 0 Å². The van der Waals surface area contributed by atoms with Gasteiger partial charge >= 0.3 is 6.03 Å². The van der Waals surface area contributed by atoms with E-state index in [1.165, 1.54) is 45.7 Å². The molecule has 3 fully saturated rings. The summed E-state index contributed by atoms with van der Waals surface area (Å²) >= 11 is 0. The third-order valence-electron chi connectivity index (χ3n) is 6.50. The smallest absolute Gasteiger partial charge is 0.317 e. The number of hydrogen-bond acceptors (Lipinski definition) is 3. The van der Waals surface area contributed by atoms with E-state index in [0.717, 1.165) is 37.9 Å². The van der Waals surface area contributed by atoms with Crippen molar-refractivity contribution in [3.05, 3.63) is 0 Å². The second-order valence-corrected chi connectivity index (χ2v) is 8.15. The van der Waals surface area contributed by atoms with Crippen molar-refractivity contribution in [1.82, 2.24) is 20.0 Å². The lowest BCUT2D eigenvalue weighted by Crippen LogP contribution is -2.46. The van der Waals surface area contributed by atoms with Gasteiger partial charge in [-0.15, -0.1) is 0 Å². The third kappa shape index (κ3) is 3.82. The minimum atomic E-state index is 0.157. The highest BCUT2D eigenvalue weighted by molar-refractivity contribution is 5.74. The Bertz CT molecular complexity index is 403. The van der Waals surface area contributed by atoms with Crippen molar-refractivity contribution in [2.75, 3.05) is 58.9 Å². The molecule has 3 aliphatic rings. The summed E-state index contributed by atoms with van der Waals surface area (Å²) in [5, 5.41) is 3.11. The Morgan fingerprint density at radius 2 is 1.65 bits per heavy atom. The van der Waals surface area contributed by atoms with Crippen molar-refractivity contribution in [2.45, 2.75) is 33.6 Å². The Morgan fingerprint density at radius 3 is 2.26 bits per heavy atom. The van der Waals surface area contributed by atoms with Crippen molar-refractivity contribution in [2.24, 2.45) is 17.3 Å². The first-order valence-corrected chi connectivity index (χ1v) is 9.50. The highest BCUT2D eigenvalue weighted by Gasteiger charge is 2.62. The average molecular weight is 322 g/mol. The highest BCUT2D eigenvalue weighted by atomic mass is 16.2. The quantitative estimate of drug-likeness (QED) is 0.757. The van der Waals surface area contributed by atoms with E-state index in [2.05, 4.69) is 35.9 Å². The first-order chi connectivity index (χ1) is 11.0. The summed E-state index contributed by atoms with van der Waals surface area (Å²) in [4.78, 5) is 19.2. The van der Waals surface area contributed by atoms with Crippen LogP contribution in [0.15, 0.2) is 0 Å². The van der Waals surface area contributed by atoms with Crippen LogP contribution in [0.25, 0.3) is 0 Å². The van der Waals surface area contributed by atoms with Gasteiger partial charge in [-0.1, -0.05) is 20.8 Å². The molecule has 23 heavy (non-hydrogen) atoms. The number of nitrogens with zero attached hydrogens (tertiary/aromatic N) is 3. The number of likely N-dealkylation sites (N-methyl/N-ethyl adjacent to an activating group) is 1. The second kappa shape index (κ2) is 6.98. The average Bonchev–Trinajstić information content (AvgIpc) is 2.93. The Morgan fingerprint density at radius 1 is 1.04 bits per heavy atom. The SMILES string of the molecule is CCN1CCN(CCCCNC(=O)N2C[C@H]3[C@H](C2)C3(C)C)CC1. The maximum absolute atomic E-state index is 12.2. The van der Waals surface area contributed by atoms with Crippen LogP contribution in [0, 0.1) is 17.3 Å². The van der Waals surface area contributed by atoms with E-state index in [9.17, 15) is 4.79 Å². The predicted octanol–water partition coefficient (Wildman–Crippen LogP) is 1.70. The Balaban J connectivity index is 1.22. The van der Waals surface area contributed by atoms with Crippen LogP contribution < -0.4 is 5.32 Å². The molecule has 0 spiro atoms. The van der Waals surface area contributed by atoms with E-state index < -0.39 is 0 Å². The zero-order valence-electron chi connectivity index (χ0n) is 15.2. The van der Waals surface area contributed by atoms with E-state index in [-0.39, 0.29) is 6.03 Å². The highest BCUT2D eigenvalue weighted by Crippen LogP contribution is 2.61. The maximum atomic E-state index is 12.2. The summed E-state index contributed by atoms with van der Waals surface area (Å²) in [5.41, 5.74) is 0.485. The molecular weight excluding hydrogens is 288 g/mol. The number of amides is 2. The maximum Gasteiger partial charge on any atom is 0.317 e. The van der Waals surface area contributed by atoms with Crippen LogP contribution in [0.1, 0.15) is 33.6 Å². The number of carbonyl (C=O) groups is 1. The summed E-state index contributed by atoms with van der Waals surface area (Å²) in [6.07, 6.45) is 2.27. The number of nitrogens with one attached hydrogen (secondary N) is 1. The van der Waals surface area contributed by atoms with Gasteiger partial charge in [0.15, 0.2) is 0 Å². The fourth-order valence-electron chi connectivity index (χ4n) is 4.39. The molecule has 2 aliphatic heterocycles. The van der Waals surface area contributed by atoms with Crippen molar-refractivity contribution < 1.29 is 4.79 Å². The lowest BCUT2D eigenvalue weighted by Gasteiger charge is -2.34. The first kappa shape index (κ1) is 17.0. The molecule has 0 bridgehead atoms. The molecule has 0 aromatic rings. The van der Waals surface area contributed by atoms with E-state index in [1.54, 1.807) is 0 Å². The van der Waals surface area contributed by atoms with Crippen LogP contribution in [0.4, 0.5) is 4.79 Å². The van der Waals surface area contributed by atoms with Gasteiger partial charge in [-0.25, -0.2) is 4.79 Å². The molecule has 0 aromatic carbocycles. The number of likely N-dealkylation sites (tertiary alicyclic amines) is 1. The molecule has 0 aromatic heterocycles. The number of piperidine rings is 1. The van der Waals surface area contributed by atoms with Gasteiger partial charge in [0.1, 0.15) is 0 Å². The summed E-state index contributed by atoms with van der Waals surface area (Å²) in [5.74, 6) is 1.49. The number of urea groups is 1. The number of piperazine rings is 1. The standard InChI is InChI=1S/C18H34N4O/c1-4-20-9-11-21(12-10-20)8-6-5-7-19-17(23)22-13-15-16(14-22)18(15,2)3/h15-16H,4-14H2,1-3H3,(H,19,23)/t15-,16-/m0/s1. The monoisotopic (exact) mass is 322 g/mol. The van der Waals surface area contributed by atoms with Crippen molar-refractivity contribution >= 4 is 6.03 Å². The molecule has 2 atom stereocenters. The molecule has 1 saturated carbocycles. The van der Waals surface area contributed by atoms with Gasteiger partial charge in [-0.2, -0.15) is 0 Å². The first-order valence-electron chi connectivity index (χ1n) is 9.50. The normalized spacial score (nSPS) is 30.3. The fraction of sp³-hybridized carbons (Fsp3) is 0.944. The third-order valence-corrected chi connectivity index (χ3v) is 6.50. The van der Waals surface area contributed by atoms with Gasteiger partial charge in [-0.3, -0.25) is 0 Å². The van der Waals surface area contributed by atoms with Crippen LogP contribution in [-0.2, 0) is 0 Å². The molecule has 0 unspecified atom stereocenters. The van der Waals surface area contributed by atoms with E-state index in [0.29, 0.717) is 5.41 Å². The topological polar surface area (TPSA) is 38.8 Å². The lowest BCUT2D eigenvalue weighted by molar-refractivity contribution is 0.135. The summed E-state index contributed by atoms with van der Waals surface area (Å²) in [7, 11) is 0. The summed E-state index contributed by atoms with van der Waals surface area (Å²) in [6, 6.07) is 0.157. The molecule has 3 rings (SSSR count). The Hall–Kier alpha value is -0.810. The second-order valence-electron chi connectivity index (χ2n) is 8.15. The molecule has 2 heterocycles. The van der Waals surface area contributed by atoms with Gasteiger partial charge in [0.25, 0.3) is 0 Å². The number of carbonyl (C=O) groups excluding carboxylic acids is 1. The van der Waals surface area contributed by atoms with Crippen LogP contribution in [0.2, 0.25) is 0 Å². The Kier molecular flexibility index (Phi) is 5.16. The molecule has 2 amide bonds. The zero-order valence-corrected chi connectivity index (χ0v) is 15.2. The molecular formula is C18H34N4O. The fourth-order valence-corrected chi connectivity index (χ4v) is 4.39. The number of fused-ring (bicyclic) bond motifs is 1. The van der Waals surface area contributed by atoms with Crippen LogP contribution in [0.3, 0.4) is 0 Å². The molecule has 2 saturated heterocycles. The van der Waals surface area contributed by atoms with Gasteiger partial charge < -0.3 is 20.0 Å². The van der Waals surface area contributed by atoms with Crippen molar-refractivity contribution in [3.63, 3.8) is 0 Å². The molecule has 132 valence electrons. The van der Waals surface area contributed by atoms with E-state index in [4.69, 9.17) is 0 Å². The predicted molar refractivity (Wildman–Crippen MR) is 93.5 cm³/mol. The van der Waals surface area contributed by atoms with E-state index >= 15 is 0 Å². The van der Waals surface area contributed by atoms with Crippen molar-refractivity contribution in [3.8, 4) is 0 Å². The molecule has 5 heteroatoms. The summed E-state index contributed by atoms with van der Waals surface area (Å²) < 4.78 is 0.